The van der Waals surface area contributed by atoms with Crippen LogP contribution in [0.5, 0.6) is 0 Å². The van der Waals surface area contributed by atoms with Crippen LogP contribution < -0.4 is 11.1 Å². The molecule has 1 aliphatic carbocycles. The molecule has 3 N–H and O–H groups in total. The fraction of sp³-hybridized carbons (Fsp3) is 0.917. The third-order valence-corrected chi connectivity index (χ3v) is 3.12. The average molecular weight is 339 g/mol. The zero-order valence-corrected chi connectivity index (χ0v) is 12.9. The highest BCUT2D eigenvalue weighted by Gasteiger charge is 2.18. The molecule has 0 aliphatic heterocycles. The van der Waals surface area contributed by atoms with E-state index in [9.17, 15) is 0 Å². The van der Waals surface area contributed by atoms with Gasteiger partial charge < -0.3 is 11.1 Å². The van der Waals surface area contributed by atoms with Gasteiger partial charge in [0.15, 0.2) is 5.96 Å². The van der Waals surface area contributed by atoms with Crippen molar-refractivity contribution < 1.29 is 0 Å². The first-order valence-electron chi connectivity index (χ1n) is 6.26. The van der Waals surface area contributed by atoms with Crippen LogP contribution in [-0.2, 0) is 0 Å². The minimum atomic E-state index is 0. The first-order chi connectivity index (χ1) is 7.22. The van der Waals surface area contributed by atoms with Gasteiger partial charge in [-0.3, -0.25) is 4.99 Å². The van der Waals surface area contributed by atoms with Crippen molar-refractivity contribution in [3.8, 4) is 0 Å². The van der Waals surface area contributed by atoms with Crippen molar-refractivity contribution in [2.45, 2.75) is 46.0 Å². The van der Waals surface area contributed by atoms with Gasteiger partial charge in [-0.15, -0.1) is 24.0 Å². The van der Waals surface area contributed by atoms with E-state index in [-0.39, 0.29) is 24.0 Å². The Hall–Kier alpha value is 0. The maximum absolute atomic E-state index is 5.75. The average Bonchev–Trinajstić information content (AvgIpc) is 2.23. The number of nitrogens with zero attached hydrogens (tertiary/aromatic N) is 1. The van der Waals surface area contributed by atoms with Gasteiger partial charge in [-0.1, -0.05) is 26.7 Å². The van der Waals surface area contributed by atoms with Crippen molar-refractivity contribution in [3.63, 3.8) is 0 Å². The van der Waals surface area contributed by atoms with Crippen molar-refractivity contribution in [1.82, 2.24) is 5.32 Å². The van der Waals surface area contributed by atoms with E-state index in [2.05, 4.69) is 24.2 Å². The molecular formula is C12H26IN3. The predicted octanol–water partition coefficient (Wildman–Crippen LogP) is 2.75. The Morgan fingerprint density at radius 1 is 1.44 bits per heavy atom. The molecule has 3 nitrogen and oxygen atoms in total. The van der Waals surface area contributed by atoms with Crippen LogP contribution in [0.2, 0.25) is 0 Å². The summed E-state index contributed by atoms with van der Waals surface area (Å²) in [5.74, 6) is 2.26. The topological polar surface area (TPSA) is 50.4 Å². The van der Waals surface area contributed by atoms with Gasteiger partial charge in [0.2, 0.25) is 0 Å². The lowest BCUT2D eigenvalue weighted by Gasteiger charge is -2.25. The van der Waals surface area contributed by atoms with Crippen LogP contribution >= 0.6 is 24.0 Å². The second-order valence-corrected chi connectivity index (χ2v) is 4.79. The summed E-state index contributed by atoms with van der Waals surface area (Å²) in [7, 11) is 0. The summed E-state index contributed by atoms with van der Waals surface area (Å²) in [5, 5.41) is 3.11. The molecule has 16 heavy (non-hydrogen) atoms. The molecule has 96 valence electrons. The molecule has 0 bridgehead atoms. The fourth-order valence-electron chi connectivity index (χ4n) is 2.26. The molecule has 0 amide bonds. The van der Waals surface area contributed by atoms with Gasteiger partial charge in [0.1, 0.15) is 0 Å². The lowest BCUT2D eigenvalue weighted by Crippen LogP contribution is -2.33. The van der Waals surface area contributed by atoms with Crippen molar-refractivity contribution in [2.75, 3.05) is 13.1 Å². The third kappa shape index (κ3) is 6.55. The molecule has 2 atom stereocenters. The summed E-state index contributed by atoms with van der Waals surface area (Å²) >= 11 is 0. The van der Waals surface area contributed by atoms with Crippen LogP contribution in [0.4, 0.5) is 0 Å². The maximum Gasteiger partial charge on any atom is 0.188 e. The third-order valence-electron chi connectivity index (χ3n) is 3.12. The second-order valence-electron chi connectivity index (χ2n) is 4.79. The number of nitrogens with two attached hydrogens (primary N) is 1. The van der Waals surface area contributed by atoms with Crippen molar-refractivity contribution >= 4 is 29.9 Å². The Morgan fingerprint density at radius 3 is 2.81 bits per heavy atom. The van der Waals surface area contributed by atoms with Crippen molar-refractivity contribution in [2.24, 2.45) is 22.6 Å². The molecule has 0 spiro atoms. The summed E-state index contributed by atoms with van der Waals surface area (Å²) in [5.41, 5.74) is 5.75. The summed E-state index contributed by atoms with van der Waals surface area (Å²) < 4.78 is 0. The van der Waals surface area contributed by atoms with Crippen LogP contribution in [0.1, 0.15) is 46.0 Å². The molecule has 1 aliphatic rings. The summed E-state index contributed by atoms with van der Waals surface area (Å²) in [6.45, 7) is 6.31. The summed E-state index contributed by atoms with van der Waals surface area (Å²) in [6.07, 6.45) is 6.50. The Balaban J connectivity index is 0.00000225. The number of rotatable bonds is 4. The Morgan fingerprint density at radius 2 is 2.19 bits per heavy atom. The maximum atomic E-state index is 5.75. The zero-order chi connectivity index (χ0) is 11.1. The van der Waals surface area contributed by atoms with E-state index in [0.29, 0.717) is 5.96 Å². The number of guanidine groups is 1. The SMILES string of the molecule is CCCNC(N)=NCC1CCCC(C)C1.I. The largest absolute Gasteiger partial charge is 0.370 e. The van der Waals surface area contributed by atoms with Gasteiger partial charge in [0.25, 0.3) is 0 Å². The Labute approximate surface area is 117 Å². The molecular weight excluding hydrogens is 313 g/mol. The molecule has 1 saturated carbocycles. The Kier molecular flexibility index (Phi) is 9.07. The van der Waals surface area contributed by atoms with E-state index in [1.165, 1.54) is 25.7 Å². The molecule has 2 unspecified atom stereocenters. The van der Waals surface area contributed by atoms with Crippen molar-refractivity contribution in [1.29, 1.82) is 0 Å². The van der Waals surface area contributed by atoms with E-state index in [0.717, 1.165) is 31.3 Å². The van der Waals surface area contributed by atoms with E-state index >= 15 is 0 Å². The molecule has 0 aromatic carbocycles. The molecule has 0 saturated heterocycles. The van der Waals surface area contributed by atoms with E-state index < -0.39 is 0 Å². The standard InChI is InChI=1S/C12H25N3.HI/c1-3-7-14-12(13)15-9-11-6-4-5-10(2)8-11;/h10-11H,3-9H2,1-2H3,(H3,13,14,15);1H. The van der Waals surface area contributed by atoms with Crippen LogP contribution in [0.15, 0.2) is 4.99 Å². The highest BCUT2D eigenvalue weighted by molar-refractivity contribution is 14.0. The van der Waals surface area contributed by atoms with Gasteiger partial charge >= 0.3 is 0 Å². The molecule has 0 aromatic heterocycles. The van der Waals surface area contributed by atoms with Gasteiger partial charge in [0, 0.05) is 13.1 Å². The lowest BCUT2D eigenvalue weighted by atomic mass is 9.82. The molecule has 1 fully saturated rings. The van der Waals surface area contributed by atoms with Crippen LogP contribution in [0, 0.1) is 11.8 Å². The number of aliphatic imine (C=N–C) groups is 1. The summed E-state index contributed by atoms with van der Waals surface area (Å²) in [6, 6.07) is 0. The number of hydrogen-bond acceptors (Lipinski definition) is 1. The van der Waals surface area contributed by atoms with Gasteiger partial charge in [-0.05, 0) is 31.1 Å². The Bertz CT molecular complexity index is 206. The van der Waals surface area contributed by atoms with E-state index in [1.807, 2.05) is 0 Å². The van der Waals surface area contributed by atoms with Crippen LogP contribution in [0.25, 0.3) is 0 Å². The molecule has 1 rings (SSSR count). The highest BCUT2D eigenvalue weighted by Crippen LogP contribution is 2.28. The molecule has 0 radical (unpaired) electrons. The number of nitrogens with one attached hydrogen (secondary N) is 1. The normalized spacial score (nSPS) is 26.0. The van der Waals surface area contributed by atoms with Crippen molar-refractivity contribution in [3.05, 3.63) is 0 Å². The summed E-state index contributed by atoms with van der Waals surface area (Å²) in [4.78, 5) is 4.40. The molecule has 0 aromatic rings. The van der Waals surface area contributed by atoms with Gasteiger partial charge in [-0.2, -0.15) is 0 Å². The number of hydrogen-bond donors (Lipinski definition) is 2. The first-order valence-corrected chi connectivity index (χ1v) is 6.26. The first kappa shape index (κ1) is 16.0. The molecule has 0 heterocycles. The zero-order valence-electron chi connectivity index (χ0n) is 10.5. The lowest BCUT2D eigenvalue weighted by molar-refractivity contribution is 0.289. The van der Waals surface area contributed by atoms with E-state index in [4.69, 9.17) is 5.73 Å². The quantitative estimate of drug-likeness (QED) is 0.470. The van der Waals surface area contributed by atoms with Gasteiger partial charge in [-0.25, -0.2) is 0 Å². The fourth-order valence-corrected chi connectivity index (χ4v) is 2.26. The minimum absolute atomic E-state index is 0. The molecule has 4 heteroatoms. The monoisotopic (exact) mass is 339 g/mol. The van der Waals surface area contributed by atoms with Crippen LogP contribution in [0.3, 0.4) is 0 Å². The van der Waals surface area contributed by atoms with Crippen LogP contribution in [-0.4, -0.2) is 19.0 Å². The second kappa shape index (κ2) is 9.07. The van der Waals surface area contributed by atoms with Gasteiger partial charge in [0.05, 0.1) is 0 Å². The van der Waals surface area contributed by atoms with E-state index in [1.54, 1.807) is 0 Å². The highest BCUT2D eigenvalue weighted by atomic mass is 127. The smallest absolute Gasteiger partial charge is 0.188 e. The predicted molar refractivity (Wildman–Crippen MR) is 81.3 cm³/mol. The minimum Gasteiger partial charge on any atom is -0.370 e. The number of halogens is 1.